The number of aromatic nitrogens is 1. The zero-order valence-electron chi connectivity index (χ0n) is 24.6. The number of anilines is 2. The molecule has 43 heavy (non-hydrogen) atoms. The van der Waals surface area contributed by atoms with Crippen molar-refractivity contribution in [2.45, 2.75) is 32.6 Å². The quantitative estimate of drug-likeness (QED) is 0.228. The number of para-hydroxylation sites is 2. The van der Waals surface area contributed by atoms with Gasteiger partial charge in [-0.15, -0.1) is 0 Å². The summed E-state index contributed by atoms with van der Waals surface area (Å²) in [5.74, 6) is 3.74. The second kappa shape index (κ2) is 9.74. The summed E-state index contributed by atoms with van der Waals surface area (Å²) in [7, 11) is 0. The summed E-state index contributed by atoms with van der Waals surface area (Å²) in [6, 6.07) is 35.7. The minimum Gasteiger partial charge on any atom is -0.355 e. The van der Waals surface area contributed by atoms with Crippen molar-refractivity contribution in [1.29, 1.82) is 0 Å². The molecule has 0 bridgehead atoms. The Labute approximate surface area is 254 Å². The molecule has 2 heteroatoms. The van der Waals surface area contributed by atoms with E-state index >= 15 is 0 Å². The van der Waals surface area contributed by atoms with Crippen LogP contribution in [-0.2, 0) is 6.42 Å². The smallest absolute Gasteiger partial charge is 0.0537 e. The highest BCUT2D eigenvalue weighted by atomic mass is 15.0. The molecule has 4 unspecified atom stereocenters. The molecule has 0 amide bonds. The molecule has 0 spiro atoms. The molecule has 5 aromatic rings. The molecule has 4 aliphatic carbocycles. The summed E-state index contributed by atoms with van der Waals surface area (Å²) in [6.07, 6.45) is 13.9. The monoisotopic (exact) mass is 556 g/mol. The summed E-state index contributed by atoms with van der Waals surface area (Å²) in [5.41, 5.74) is 14.6. The first-order chi connectivity index (χ1) is 21.2. The number of nitrogens with one attached hydrogen (secondary N) is 1. The van der Waals surface area contributed by atoms with Gasteiger partial charge in [0, 0.05) is 28.0 Å². The molecular formula is C41H36N2. The highest BCUT2D eigenvalue weighted by Crippen LogP contribution is 2.65. The van der Waals surface area contributed by atoms with E-state index in [1.807, 2.05) is 0 Å². The number of hydrogen-bond donors (Lipinski definition) is 1. The summed E-state index contributed by atoms with van der Waals surface area (Å²) in [5, 5.41) is 5.11. The van der Waals surface area contributed by atoms with E-state index in [0.29, 0.717) is 0 Å². The van der Waals surface area contributed by atoms with Crippen LogP contribution >= 0.6 is 0 Å². The minimum atomic E-state index is 0.839. The lowest BCUT2D eigenvalue weighted by Gasteiger charge is -2.18. The summed E-state index contributed by atoms with van der Waals surface area (Å²) in [6.45, 7) is 2.41. The lowest BCUT2D eigenvalue weighted by molar-refractivity contribution is 0.621. The maximum atomic E-state index is 3.78. The van der Waals surface area contributed by atoms with Gasteiger partial charge in [-0.2, -0.15) is 0 Å². The second-order valence-corrected chi connectivity index (χ2v) is 13.0. The van der Waals surface area contributed by atoms with Crippen molar-refractivity contribution >= 4 is 33.9 Å². The van der Waals surface area contributed by atoms with Crippen LogP contribution in [0.3, 0.4) is 0 Å². The van der Waals surface area contributed by atoms with E-state index in [4.69, 9.17) is 0 Å². The van der Waals surface area contributed by atoms with Crippen molar-refractivity contribution in [3.8, 4) is 16.8 Å². The molecule has 4 aromatic carbocycles. The van der Waals surface area contributed by atoms with Crippen LogP contribution in [0.5, 0.6) is 0 Å². The van der Waals surface area contributed by atoms with Gasteiger partial charge in [-0.3, -0.25) is 0 Å². The fraction of sp³-hybridized carbons (Fsp3) is 0.220. The molecule has 210 valence electrons. The summed E-state index contributed by atoms with van der Waals surface area (Å²) in [4.78, 5) is 0. The predicted molar refractivity (Wildman–Crippen MR) is 181 cm³/mol. The van der Waals surface area contributed by atoms with Gasteiger partial charge in [0.1, 0.15) is 0 Å². The van der Waals surface area contributed by atoms with E-state index in [1.165, 1.54) is 69.5 Å². The van der Waals surface area contributed by atoms with Gasteiger partial charge >= 0.3 is 0 Å². The van der Waals surface area contributed by atoms with E-state index in [9.17, 15) is 0 Å². The third kappa shape index (κ3) is 4.23. The van der Waals surface area contributed by atoms with Crippen molar-refractivity contribution in [3.05, 3.63) is 138 Å². The SMILES string of the molecule is CC1=C(c2ccccc2Nc2ccc(-c3ccc(-n4c5c(c6ccccc64)CC=CC=C5)cc3)cc2)CC2CC2C2CC12. The normalized spacial score (nSPS) is 23.3. The highest BCUT2D eigenvalue weighted by Gasteiger charge is 2.56. The first kappa shape index (κ1) is 25.0. The average Bonchev–Trinajstić information content (AvgIpc) is 3.96. The highest BCUT2D eigenvalue weighted by molar-refractivity contribution is 5.91. The molecule has 1 aromatic heterocycles. The van der Waals surface area contributed by atoms with Gasteiger partial charge in [0.25, 0.3) is 0 Å². The minimum absolute atomic E-state index is 0.839. The molecule has 0 saturated heterocycles. The molecule has 0 aliphatic heterocycles. The van der Waals surface area contributed by atoms with Gasteiger partial charge in [0.2, 0.25) is 0 Å². The van der Waals surface area contributed by atoms with E-state index in [2.05, 4.69) is 138 Å². The van der Waals surface area contributed by atoms with E-state index in [1.54, 1.807) is 11.1 Å². The molecular weight excluding hydrogens is 520 g/mol. The molecule has 1 N–H and O–H groups in total. The van der Waals surface area contributed by atoms with Crippen molar-refractivity contribution < 1.29 is 0 Å². The first-order valence-corrected chi connectivity index (χ1v) is 16.0. The third-order valence-corrected chi connectivity index (χ3v) is 10.6. The van der Waals surface area contributed by atoms with Crippen molar-refractivity contribution in [1.82, 2.24) is 4.57 Å². The molecule has 0 radical (unpaired) electrons. The molecule has 1 heterocycles. The number of allylic oxidation sites excluding steroid dienone is 5. The van der Waals surface area contributed by atoms with Crippen LogP contribution in [0.4, 0.5) is 11.4 Å². The second-order valence-electron chi connectivity index (χ2n) is 13.0. The zero-order valence-corrected chi connectivity index (χ0v) is 24.6. The Morgan fingerprint density at radius 3 is 2.37 bits per heavy atom. The zero-order chi connectivity index (χ0) is 28.5. The number of fused-ring (bicyclic) bond motifs is 6. The maximum absolute atomic E-state index is 3.78. The lowest BCUT2D eigenvalue weighted by atomic mass is 9.93. The summed E-state index contributed by atoms with van der Waals surface area (Å²) < 4.78 is 2.40. The molecule has 9 rings (SSSR count). The van der Waals surface area contributed by atoms with Crippen molar-refractivity contribution in [2.75, 3.05) is 5.32 Å². The number of benzene rings is 4. The van der Waals surface area contributed by atoms with Gasteiger partial charge in [-0.1, -0.05) is 84.5 Å². The molecule has 2 saturated carbocycles. The Morgan fingerprint density at radius 1 is 0.744 bits per heavy atom. The summed E-state index contributed by atoms with van der Waals surface area (Å²) >= 11 is 0. The third-order valence-electron chi connectivity index (χ3n) is 10.6. The fourth-order valence-electron chi connectivity index (χ4n) is 8.15. The molecule has 4 atom stereocenters. The van der Waals surface area contributed by atoms with Crippen molar-refractivity contribution in [2.24, 2.45) is 23.7 Å². The number of rotatable bonds is 5. The Kier molecular flexibility index (Phi) is 5.66. The largest absolute Gasteiger partial charge is 0.355 e. The molecule has 4 aliphatic rings. The Morgan fingerprint density at radius 2 is 1.51 bits per heavy atom. The van der Waals surface area contributed by atoms with Crippen LogP contribution in [0.15, 0.2) is 121 Å². The Balaban J connectivity index is 0.987. The van der Waals surface area contributed by atoms with Crippen LogP contribution in [0.2, 0.25) is 0 Å². The average molecular weight is 557 g/mol. The number of nitrogens with zero attached hydrogens (tertiary/aromatic N) is 1. The van der Waals surface area contributed by atoms with E-state index < -0.39 is 0 Å². The van der Waals surface area contributed by atoms with Gasteiger partial charge in [-0.05, 0) is 121 Å². The van der Waals surface area contributed by atoms with Crippen LogP contribution in [-0.4, -0.2) is 4.57 Å². The van der Waals surface area contributed by atoms with Crippen LogP contribution < -0.4 is 5.32 Å². The predicted octanol–water partition coefficient (Wildman–Crippen LogP) is 10.6. The van der Waals surface area contributed by atoms with Crippen LogP contribution in [0.25, 0.3) is 39.4 Å². The van der Waals surface area contributed by atoms with Gasteiger partial charge < -0.3 is 9.88 Å². The van der Waals surface area contributed by atoms with E-state index in [0.717, 1.165) is 35.8 Å². The van der Waals surface area contributed by atoms with Crippen LogP contribution in [0, 0.1) is 23.7 Å². The first-order valence-electron chi connectivity index (χ1n) is 16.0. The van der Waals surface area contributed by atoms with Crippen molar-refractivity contribution in [3.63, 3.8) is 0 Å². The van der Waals surface area contributed by atoms with Gasteiger partial charge in [0.05, 0.1) is 11.2 Å². The van der Waals surface area contributed by atoms with Gasteiger partial charge in [0.15, 0.2) is 0 Å². The lowest BCUT2D eigenvalue weighted by Crippen LogP contribution is -1.99. The molecule has 2 nitrogen and oxygen atoms in total. The number of hydrogen-bond acceptors (Lipinski definition) is 1. The fourth-order valence-corrected chi connectivity index (χ4v) is 8.15. The molecule has 2 fully saturated rings. The standard InChI is InChI=1S/C41H36N2/c1-26-35(23-29-24-37(29)38-25-36(26)38)32-9-5-7-12-39(32)42-30-19-15-27(16-20-30)28-17-21-31(22-18-28)43-40-13-4-2-3-10-33(40)34-11-6-8-14-41(34)43/h2-9,11-22,29,36-38,42H,10,23-25H2,1H3. The van der Waals surface area contributed by atoms with Gasteiger partial charge in [-0.25, -0.2) is 0 Å². The van der Waals surface area contributed by atoms with Crippen LogP contribution in [0.1, 0.15) is 43.0 Å². The maximum Gasteiger partial charge on any atom is 0.0537 e. The Bertz CT molecular complexity index is 1970. The Hall–Kier alpha value is -4.56. The van der Waals surface area contributed by atoms with E-state index in [-0.39, 0.29) is 0 Å². The topological polar surface area (TPSA) is 17.0 Å².